The number of ether oxygens (including phenoxy) is 1. The predicted molar refractivity (Wildman–Crippen MR) is 122 cm³/mol. The molecule has 0 radical (unpaired) electrons. The van der Waals surface area contributed by atoms with Gasteiger partial charge in [-0.15, -0.1) is 0 Å². The van der Waals surface area contributed by atoms with Crippen LogP contribution in [0.1, 0.15) is 21.5 Å². The molecule has 6 nitrogen and oxygen atoms in total. The van der Waals surface area contributed by atoms with Crippen molar-refractivity contribution in [1.82, 2.24) is 15.2 Å². The molecule has 0 aliphatic carbocycles. The highest BCUT2D eigenvalue weighted by atomic mass is 16.5. The summed E-state index contributed by atoms with van der Waals surface area (Å²) in [5, 5.41) is 2.94. The summed E-state index contributed by atoms with van der Waals surface area (Å²) in [7, 11) is 1.69. The Morgan fingerprint density at radius 3 is 2.35 bits per heavy atom. The summed E-state index contributed by atoms with van der Waals surface area (Å²) < 4.78 is 5.24. The first kappa shape index (κ1) is 20.9. The van der Waals surface area contributed by atoms with Gasteiger partial charge in [-0.3, -0.25) is 14.7 Å². The standard InChI is InChI=1S/C25H28N4O2/c1-31-24-10-8-23(9-11-24)29-15-13-28(14-16-29)19-20-4-6-22(7-5-20)25(30)27-18-21-3-2-12-26-17-21/h2-12,17H,13-16,18-19H2,1H3,(H,27,30). The van der Waals surface area contributed by atoms with Gasteiger partial charge in [-0.05, 0) is 53.6 Å². The zero-order valence-corrected chi connectivity index (χ0v) is 17.8. The number of amides is 1. The number of nitrogens with zero attached hydrogens (tertiary/aromatic N) is 3. The lowest BCUT2D eigenvalue weighted by Gasteiger charge is -2.36. The van der Waals surface area contributed by atoms with Crippen molar-refractivity contribution >= 4 is 11.6 Å². The number of carbonyl (C=O) groups excluding carboxylic acids is 1. The van der Waals surface area contributed by atoms with Gasteiger partial charge in [0.15, 0.2) is 0 Å². The maximum Gasteiger partial charge on any atom is 0.251 e. The SMILES string of the molecule is COc1ccc(N2CCN(Cc3ccc(C(=O)NCc4cccnc4)cc3)CC2)cc1. The van der Waals surface area contributed by atoms with Gasteiger partial charge in [-0.25, -0.2) is 0 Å². The van der Waals surface area contributed by atoms with Gasteiger partial charge in [0.2, 0.25) is 0 Å². The summed E-state index contributed by atoms with van der Waals surface area (Å²) in [5.41, 5.74) is 4.13. The van der Waals surface area contributed by atoms with Gasteiger partial charge in [0.1, 0.15) is 5.75 Å². The molecule has 160 valence electrons. The largest absolute Gasteiger partial charge is 0.497 e. The van der Waals surface area contributed by atoms with E-state index in [9.17, 15) is 4.79 Å². The second-order valence-corrected chi connectivity index (χ2v) is 7.70. The molecule has 1 aliphatic heterocycles. The summed E-state index contributed by atoms with van der Waals surface area (Å²) in [6.07, 6.45) is 3.49. The number of anilines is 1. The quantitative estimate of drug-likeness (QED) is 0.640. The van der Waals surface area contributed by atoms with E-state index in [1.807, 2.05) is 36.4 Å². The minimum atomic E-state index is -0.0662. The fourth-order valence-electron chi connectivity index (χ4n) is 3.76. The van der Waals surface area contributed by atoms with Crippen molar-refractivity contribution in [3.05, 3.63) is 89.7 Å². The minimum Gasteiger partial charge on any atom is -0.497 e. The van der Waals surface area contributed by atoms with Crippen molar-refractivity contribution in [2.24, 2.45) is 0 Å². The van der Waals surface area contributed by atoms with E-state index in [-0.39, 0.29) is 5.91 Å². The Bertz CT molecular complexity index is 967. The first-order valence-electron chi connectivity index (χ1n) is 10.6. The molecule has 0 unspecified atom stereocenters. The maximum absolute atomic E-state index is 12.4. The highest BCUT2D eigenvalue weighted by molar-refractivity contribution is 5.94. The average Bonchev–Trinajstić information content (AvgIpc) is 2.84. The molecule has 0 atom stereocenters. The second-order valence-electron chi connectivity index (χ2n) is 7.70. The Morgan fingerprint density at radius 1 is 0.968 bits per heavy atom. The minimum absolute atomic E-state index is 0.0662. The topological polar surface area (TPSA) is 57.7 Å². The summed E-state index contributed by atoms with van der Waals surface area (Å²) in [6, 6.07) is 20.0. The van der Waals surface area contributed by atoms with Crippen molar-refractivity contribution in [3.63, 3.8) is 0 Å². The Labute approximate surface area is 183 Å². The van der Waals surface area contributed by atoms with Gasteiger partial charge in [-0.2, -0.15) is 0 Å². The Kier molecular flexibility index (Phi) is 6.79. The summed E-state index contributed by atoms with van der Waals surface area (Å²) in [4.78, 5) is 21.3. The molecule has 1 saturated heterocycles. The molecule has 4 rings (SSSR count). The molecule has 0 bridgehead atoms. The van der Waals surface area contributed by atoms with Crippen LogP contribution in [0.25, 0.3) is 0 Å². The molecular formula is C25H28N4O2. The van der Waals surface area contributed by atoms with E-state index >= 15 is 0 Å². The third-order valence-corrected chi connectivity index (χ3v) is 5.61. The van der Waals surface area contributed by atoms with Gasteiger partial charge < -0.3 is 15.0 Å². The number of methoxy groups -OCH3 is 1. The van der Waals surface area contributed by atoms with E-state index < -0.39 is 0 Å². The van der Waals surface area contributed by atoms with Crippen LogP contribution in [-0.4, -0.2) is 49.1 Å². The number of nitrogens with one attached hydrogen (secondary N) is 1. The molecule has 1 aliphatic rings. The van der Waals surface area contributed by atoms with Crippen molar-refractivity contribution in [3.8, 4) is 5.75 Å². The molecule has 1 fully saturated rings. The van der Waals surface area contributed by atoms with Crippen LogP contribution < -0.4 is 15.0 Å². The van der Waals surface area contributed by atoms with E-state index in [0.29, 0.717) is 12.1 Å². The van der Waals surface area contributed by atoms with Crippen LogP contribution in [0.15, 0.2) is 73.1 Å². The molecule has 0 spiro atoms. The van der Waals surface area contributed by atoms with E-state index in [0.717, 1.165) is 44.0 Å². The molecule has 31 heavy (non-hydrogen) atoms. The van der Waals surface area contributed by atoms with Gasteiger partial charge in [0, 0.05) is 62.9 Å². The molecule has 3 aromatic rings. The van der Waals surface area contributed by atoms with Crippen molar-refractivity contribution < 1.29 is 9.53 Å². The average molecular weight is 417 g/mol. The van der Waals surface area contributed by atoms with Crippen LogP contribution in [0.4, 0.5) is 5.69 Å². The fourth-order valence-corrected chi connectivity index (χ4v) is 3.76. The first-order valence-corrected chi connectivity index (χ1v) is 10.6. The maximum atomic E-state index is 12.4. The van der Waals surface area contributed by atoms with Crippen molar-refractivity contribution in [1.29, 1.82) is 0 Å². The van der Waals surface area contributed by atoms with Gasteiger partial charge >= 0.3 is 0 Å². The number of rotatable bonds is 7. The Morgan fingerprint density at radius 2 is 1.71 bits per heavy atom. The lowest BCUT2D eigenvalue weighted by Crippen LogP contribution is -2.45. The smallest absolute Gasteiger partial charge is 0.251 e. The lowest BCUT2D eigenvalue weighted by atomic mass is 10.1. The monoisotopic (exact) mass is 416 g/mol. The highest BCUT2D eigenvalue weighted by Crippen LogP contribution is 2.21. The van der Waals surface area contributed by atoms with Crippen LogP contribution in [0.2, 0.25) is 0 Å². The number of hydrogen-bond donors (Lipinski definition) is 1. The predicted octanol–water partition coefficient (Wildman–Crippen LogP) is 3.34. The summed E-state index contributed by atoms with van der Waals surface area (Å²) in [6.45, 7) is 5.40. The number of pyridine rings is 1. The van der Waals surface area contributed by atoms with Gasteiger partial charge in [0.05, 0.1) is 7.11 Å². The number of aromatic nitrogens is 1. The van der Waals surface area contributed by atoms with Crippen molar-refractivity contribution in [2.75, 3.05) is 38.2 Å². The van der Waals surface area contributed by atoms with Crippen LogP contribution in [-0.2, 0) is 13.1 Å². The molecular weight excluding hydrogens is 388 g/mol. The molecule has 1 amide bonds. The highest BCUT2D eigenvalue weighted by Gasteiger charge is 2.17. The van der Waals surface area contributed by atoms with E-state index in [1.54, 1.807) is 19.5 Å². The third-order valence-electron chi connectivity index (χ3n) is 5.61. The van der Waals surface area contributed by atoms with E-state index in [1.165, 1.54) is 11.3 Å². The molecule has 6 heteroatoms. The molecule has 1 aromatic heterocycles. The Balaban J connectivity index is 1.25. The normalized spacial score (nSPS) is 14.3. The zero-order valence-electron chi connectivity index (χ0n) is 17.8. The van der Waals surface area contributed by atoms with Crippen LogP contribution in [0, 0.1) is 0 Å². The van der Waals surface area contributed by atoms with E-state index in [4.69, 9.17) is 4.74 Å². The van der Waals surface area contributed by atoms with Crippen LogP contribution in [0.5, 0.6) is 5.75 Å². The first-order chi connectivity index (χ1) is 15.2. The summed E-state index contributed by atoms with van der Waals surface area (Å²) >= 11 is 0. The van der Waals surface area contributed by atoms with Gasteiger partial charge in [-0.1, -0.05) is 18.2 Å². The third kappa shape index (κ3) is 5.61. The van der Waals surface area contributed by atoms with Gasteiger partial charge in [0.25, 0.3) is 5.91 Å². The fraction of sp³-hybridized carbons (Fsp3) is 0.280. The zero-order chi connectivity index (χ0) is 21.5. The van der Waals surface area contributed by atoms with Crippen molar-refractivity contribution in [2.45, 2.75) is 13.1 Å². The number of benzene rings is 2. The lowest BCUT2D eigenvalue weighted by molar-refractivity contribution is 0.0951. The number of hydrogen-bond acceptors (Lipinski definition) is 5. The Hall–Kier alpha value is -3.38. The summed E-state index contributed by atoms with van der Waals surface area (Å²) in [5.74, 6) is 0.820. The van der Waals surface area contributed by atoms with Crippen LogP contribution >= 0.6 is 0 Å². The van der Waals surface area contributed by atoms with E-state index in [2.05, 4.69) is 44.4 Å². The number of carbonyl (C=O) groups is 1. The molecule has 2 heterocycles. The molecule has 1 N–H and O–H groups in total. The molecule has 2 aromatic carbocycles. The molecule has 0 saturated carbocycles. The second kappa shape index (κ2) is 10.1. The number of piperazine rings is 1. The van der Waals surface area contributed by atoms with Crippen LogP contribution in [0.3, 0.4) is 0 Å².